The molecule has 1 aromatic carbocycles. The van der Waals surface area contributed by atoms with E-state index in [4.69, 9.17) is 4.98 Å². The van der Waals surface area contributed by atoms with Gasteiger partial charge in [0.2, 0.25) is 11.8 Å². The van der Waals surface area contributed by atoms with Gasteiger partial charge in [-0.25, -0.2) is 19.3 Å². The monoisotopic (exact) mass is 641 g/mol. The fourth-order valence-corrected chi connectivity index (χ4v) is 7.38. The minimum atomic E-state index is -0.841. The van der Waals surface area contributed by atoms with Crippen molar-refractivity contribution in [2.24, 2.45) is 7.05 Å². The van der Waals surface area contributed by atoms with E-state index in [1.165, 1.54) is 4.57 Å². The summed E-state index contributed by atoms with van der Waals surface area (Å²) in [6.07, 6.45) is 8.47. The van der Waals surface area contributed by atoms with Crippen LogP contribution < -0.4 is 15.9 Å². The van der Waals surface area contributed by atoms with E-state index in [9.17, 15) is 24.3 Å². The molecule has 2 bridgehead atoms. The number of imidazole rings is 1. The summed E-state index contributed by atoms with van der Waals surface area (Å²) in [4.78, 5) is 57.1. The number of carbonyl (C=O) groups excluding carboxylic acids is 2. The number of aryl methyl sites for hydroxylation is 3. The molecule has 3 saturated heterocycles. The maximum Gasteiger partial charge on any atom is 0.407 e. The minimum absolute atomic E-state index is 0.0359. The third kappa shape index (κ3) is 6.11. The number of nitrogens with zero attached hydrogens (tertiary/aromatic N) is 8. The van der Waals surface area contributed by atoms with Crippen molar-refractivity contribution in [3.8, 4) is 0 Å². The van der Waals surface area contributed by atoms with Gasteiger partial charge in [-0.1, -0.05) is 30.2 Å². The Balaban J connectivity index is 0.867. The van der Waals surface area contributed by atoms with Gasteiger partial charge >= 0.3 is 11.8 Å². The number of imide groups is 1. The SMILES string of the molecule is Cn1c(=O)n(C2CCC(=O)NC2=O)c2ccc(CCCCCCc3cn(Cc4cccc(N5C[C@H]6C[C@@H]5CN6C(=O)O)n4)nn3)cc21. The van der Waals surface area contributed by atoms with E-state index in [-0.39, 0.29) is 30.1 Å². The Bertz CT molecular complexity index is 1890. The standard InChI is InChI=1S/C33H39N9O5/c1-38-28-15-21(11-12-26(28)42(32(38)45)27-13-14-30(43)35-31(27)44)7-4-2-3-5-8-23-18-39(37-36-23)17-22-9-6-10-29(34-22)40-19-25-16-24(40)20-41(25)33(46)47/h6,9-12,15,18,24-25,27H,2-5,7-8,13-14,16-17,19-20H2,1H3,(H,46,47)(H,35,43,44)/t24-,25-,27?/m1/s1. The van der Waals surface area contributed by atoms with Crippen LogP contribution in [0.15, 0.2) is 47.4 Å². The van der Waals surface area contributed by atoms with Gasteiger partial charge in [0.05, 0.1) is 41.0 Å². The first-order chi connectivity index (χ1) is 22.7. The van der Waals surface area contributed by atoms with E-state index in [2.05, 4.69) is 20.5 Å². The number of hydrogen-bond acceptors (Lipinski definition) is 8. The summed E-state index contributed by atoms with van der Waals surface area (Å²) >= 11 is 0. The number of fused-ring (bicyclic) bond motifs is 3. The first-order valence-electron chi connectivity index (χ1n) is 16.4. The van der Waals surface area contributed by atoms with Crippen LogP contribution in [-0.4, -0.2) is 82.2 Å². The summed E-state index contributed by atoms with van der Waals surface area (Å²) in [5.41, 5.74) is 4.24. The second kappa shape index (κ2) is 12.6. The molecule has 7 rings (SSSR count). The maximum atomic E-state index is 13.0. The van der Waals surface area contributed by atoms with Crippen molar-refractivity contribution in [2.45, 2.75) is 82.5 Å². The van der Waals surface area contributed by atoms with E-state index in [1.807, 2.05) is 47.3 Å². The van der Waals surface area contributed by atoms with Gasteiger partial charge in [-0.3, -0.25) is 24.0 Å². The van der Waals surface area contributed by atoms with Crippen LogP contribution in [0.3, 0.4) is 0 Å². The van der Waals surface area contributed by atoms with Gasteiger partial charge in [-0.05, 0) is 68.4 Å². The van der Waals surface area contributed by atoms with Gasteiger partial charge in [-0.15, -0.1) is 5.10 Å². The minimum Gasteiger partial charge on any atom is -0.465 e. The summed E-state index contributed by atoms with van der Waals surface area (Å²) in [7, 11) is 1.72. The summed E-state index contributed by atoms with van der Waals surface area (Å²) in [5.74, 6) is 0.161. The van der Waals surface area contributed by atoms with Crippen LogP contribution in [0, 0.1) is 0 Å². The molecule has 4 aromatic rings. The van der Waals surface area contributed by atoms with Crippen LogP contribution in [0.5, 0.6) is 0 Å². The van der Waals surface area contributed by atoms with Crippen molar-refractivity contribution in [1.82, 2.24) is 39.3 Å². The number of likely N-dealkylation sites (tertiary alicyclic amines) is 1. The molecule has 1 unspecified atom stereocenters. The van der Waals surface area contributed by atoms with E-state index < -0.39 is 18.0 Å². The molecule has 0 radical (unpaired) electrons. The fraction of sp³-hybridized carbons (Fsp3) is 0.485. The Hall–Kier alpha value is -5.01. The lowest BCUT2D eigenvalue weighted by atomic mass is 10.0. The zero-order valence-electron chi connectivity index (χ0n) is 26.4. The smallest absolute Gasteiger partial charge is 0.407 e. The zero-order chi connectivity index (χ0) is 32.7. The van der Waals surface area contributed by atoms with Gasteiger partial charge in [0.15, 0.2) is 0 Å². The van der Waals surface area contributed by atoms with E-state index in [0.717, 1.165) is 73.2 Å². The molecule has 3 aliphatic rings. The highest BCUT2D eigenvalue weighted by Crippen LogP contribution is 2.34. The highest BCUT2D eigenvalue weighted by atomic mass is 16.4. The molecule has 3 atom stereocenters. The predicted molar refractivity (Wildman–Crippen MR) is 172 cm³/mol. The lowest BCUT2D eigenvalue weighted by molar-refractivity contribution is -0.135. The molecule has 0 aliphatic carbocycles. The molecule has 3 amide bonds. The van der Waals surface area contributed by atoms with Crippen molar-refractivity contribution < 1.29 is 19.5 Å². The topological polar surface area (TPSA) is 160 Å². The number of carboxylic acid groups (broad SMARTS) is 1. The number of benzene rings is 1. The number of hydrogen-bond donors (Lipinski definition) is 2. The summed E-state index contributed by atoms with van der Waals surface area (Å²) in [6, 6.07) is 11.5. The Labute approximate surface area is 271 Å². The van der Waals surface area contributed by atoms with E-state index in [0.29, 0.717) is 31.6 Å². The molecule has 3 fully saturated rings. The van der Waals surface area contributed by atoms with Crippen LogP contribution in [0.25, 0.3) is 11.0 Å². The van der Waals surface area contributed by atoms with E-state index >= 15 is 0 Å². The van der Waals surface area contributed by atoms with E-state index in [1.54, 1.807) is 16.5 Å². The average molecular weight is 642 g/mol. The maximum absolute atomic E-state index is 13.0. The third-order valence-corrected chi connectivity index (χ3v) is 9.81. The number of piperidine rings is 1. The first kappa shape index (κ1) is 30.6. The van der Waals surface area contributed by atoms with Gasteiger partial charge in [0.1, 0.15) is 11.9 Å². The lowest BCUT2D eigenvalue weighted by Crippen LogP contribution is -2.48. The number of pyridine rings is 1. The molecule has 0 spiro atoms. The van der Waals surface area contributed by atoms with Crippen molar-refractivity contribution in [2.75, 3.05) is 18.0 Å². The highest BCUT2D eigenvalue weighted by Gasteiger charge is 2.45. The summed E-state index contributed by atoms with van der Waals surface area (Å²) in [5, 5.41) is 20.4. The molecular formula is C33H39N9O5. The number of aromatic nitrogens is 6. The van der Waals surface area contributed by atoms with Crippen molar-refractivity contribution in [3.05, 3.63) is 70.0 Å². The van der Waals surface area contributed by atoms with Crippen molar-refractivity contribution in [1.29, 1.82) is 0 Å². The Kier molecular flexibility index (Phi) is 8.24. The molecular weight excluding hydrogens is 602 g/mol. The number of anilines is 1. The number of unbranched alkanes of at least 4 members (excludes halogenated alkanes) is 3. The van der Waals surface area contributed by atoms with Crippen LogP contribution in [0.4, 0.5) is 10.6 Å². The molecule has 246 valence electrons. The fourth-order valence-electron chi connectivity index (χ4n) is 7.38. The van der Waals surface area contributed by atoms with Gasteiger partial charge < -0.3 is 14.9 Å². The lowest BCUT2D eigenvalue weighted by Gasteiger charge is -2.33. The molecule has 6 heterocycles. The molecule has 2 N–H and O–H groups in total. The molecule has 14 nitrogen and oxygen atoms in total. The van der Waals surface area contributed by atoms with Crippen molar-refractivity contribution >= 4 is 34.8 Å². The van der Waals surface area contributed by atoms with Crippen molar-refractivity contribution in [3.63, 3.8) is 0 Å². The number of piperazine rings is 1. The Morgan fingerprint density at radius 1 is 0.979 bits per heavy atom. The number of amides is 3. The second-order valence-electron chi connectivity index (χ2n) is 12.9. The Morgan fingerprint density at radius 2 is 1.81 bits per heavy atom. The average Bonchev–Trinajstić information content (AvgIpc) is 3.84. The summed E-state index contributed by atoms with van der Waals surface area (Å²) < 4.78 is 4.91. The predicted octanol–water partition coefficient (Wildman–Crippen LogP) is 2.64. The van der Waals surface area contributed by atoms with Crippen LogP contribution >= 0.6 is 0 Å². The summed E-state index contributed by atoms with van der Waals surface area (Å²) in [6.45, 7) is 1.73. The molecule has 14 heteroatoms. The molecule has 0 saturated carbocycles. The third-order valence-electron chi connectivity index (χ3n) is 9.81. The number of carbonyl (C=O) groups is 3. The zero-order valence-corrected chi connectivity index (χ0v) is 26.4. The van der Waals surface area contributed by atoms with Crippen LogP contribution in [0.1, 0.15) is 67.9 Å². The molecule has 47 heavy (non-hydrogen) atoms. The van der Waals surface area contributed by atoms with Crippen LogP contribution in [0.2, 0.25) is 0 Å². The molecule has 3 aromatic heterocycles. The highest BCUT2D eigenvalue weighted by molar-refractivity contribution is 6.00. The quantitative estimate of drug-likeness (QED) is 0.185. The number of nitrogens with one attached hydrogen (secondary N) is 1. The van der Waals surface area contributed by atoms with Gasteiger partial charge in [0, 0.05) is 32.8 Å². The Morgan fingerprint density at radius 3 is 2.57 bits per heavy atom. The largest absolute Gasteiger partial charge is 0.465 e. The second-order valence-corrected chi connectivity index (χ2v) is 12.9. The first-order valence-corrected chi connectivity index (χ1v) is 16.4. The molecule has 3 aliphatic heterocycles. The number of rotatable bonds is 11. The normalized spacial score (nSPS) is 20.8. The van der Waals surface area contributed by atoms with Crippen LogP contribution in [-0.2, 0) is 36.0 Å². The van der Waals surface area contributed by atoms with Gasteiger partial charge in [-0.2, -0.15) is 0 Å². The van der Waals surface area contributed by atoms with Gasteiger partial charge in [0.25, 0.3) is 0 Å².